The Bertz CT molecular complexity index is 583. The minimum Gasteiger partial charge on any atom is -0.490 e. The molecule has 23 heavy (non-hydrogen) atoms. The molecule has 6 heteroatoms. The number of amides is 1. The number of rotatable bonds is 7. The van der Waals surface area contributed by atoms with Crippen LogP contribution in [0.4, 0.5) is 0 Å². The van der Waals surface area contributed by atoms with Crippen molar-refractivity contribution in [3.8, 4) is 5.75 Å². The van der Waals surface area contributed by atoms with E-state index < -0.39 is 11.4 Å². The quantitative estimate of drug-likeness (QED) is 0.776. The van der Waals surface area contributed by atoms with Gasteiger partial charge in [0.15, 0.2) is 0 Å². The van der Waals surface area contributed by atoms with Crippen molar-refractivity contribution < 1.29 is 24.2 Å². The molecule has 2 rings (SSSR count). The Balaban J connectivity index is 2.06. The summed E-state index contributed by atoms with van der Waals surface area (Å²) in [6.45, 7) is 4.63. The van der Waals surface area contributed by atoms with Crippen molar-refractivity contribution in [1.82, 2.24) is 4.90 Å². The molecule has 6 nitrogen and oxygen atoms in total. The monoisotopic (exact) mass is 319 g/mol. The van der Waals surface area contributed by atoms with Crippen LogP contribution in [0.25, 0.3) is 0 Å². The Labute approximate surface area is 135 Å². The number of carboxylic acids is 1. The second-order valence-electron chi connectivity index (χ2n) is 5.62. The molecule has 0 spiro atoms. The van der Waals surface area contributed by atoms with Gasteiger partial charge in [0.2, 0.25) is 0 Å². The lowest BCUT2D eigenvalue weighted by atomic mass is 9.88. The molecule has 1 saturated heterocycles. The van der Waals surface area contributed by atoms with Crippen LogP contribution in [0.5, 0.6) is 5.75 Å². The fourth-order valence-corrected chi connectivity index (χ4v) is 2.71. The molecule has 1 fully saturated rings. The Morgan fingerprint density at radius 2 is 2.09 bits per heavy atom. The molecule has 0 aromatic heterocycles. The van der Waals surface area contributed by atoms with Crippen LogP contribution in [0.1, 0.15) is 16.8 Å². The normalized spacial score (nSPS) is 20.3. The van der Waals surface area contributed by atoms with Gasteiger partial charge in [0.1, 0.15) is 17.8 Å². The molecule has 1 heterocycles. The van der Waals surface area contributed by atoms with Gasteiger partial charge in [-0.05, 0) is 30.7 Å². The van der Waals surface area contributed by atoms with Crippen molar-refractivity contribution in [2.75, 3.05) is 33.4 Å². The SMILES string of the molecule is C=CCOc1ccc(C(=O)N2CCC(COC)(C(=O)O)C2)cc1. The predicted octanol–water partition coefficient (Wildman–Crippen LogP) is 1.81. The summed E-state index contributed by atoms with van der Waals surface area (Å²) in [4.78, 5) is 25.6. The average Bonchev–Trinajstić information content (AvgIpc) is 2.99. The number of carbonyl (C=O) groups excluding carboxylic acids is 1. The third-order valence-electron chi connectivity index (χ3n) is 3.98. The van der Waals surface area contributed by atoms with Gasteiger partial charge in [-0.3, -0.25) is 9.59 Å². The molecular formula is C17H21NO5. The molecule has 1 aromatic carbocycles. The highest BCUT2D eigenvalue weighted by Crippen LogP contribution is 2.32. The first-order valence-corrected chi connectivity index (χ1v) is 7.38. The second-order valence-corrected chi connectivity index (χ2v) is 5.62. The molecule has 0 bridgehead atoms. The van der Waals surface area contributed by atoms with Gasteiger partial charge >= 0.3 is 5.97 Å². The van der Waals surface area contributed by atoms with Crippen LogP contribution in [-0.2, 0) is 9.53 Å². The maximum atomic E-state index is 12.5. The Morgan fingerprint density at radius 3 is 2.65 bits per heavy atom. The van der Waals surface area contributed by atoms with Gasteiger partial charge in [0.25, 0.3) is 5.91 Å². The third-order valence-corrected chi connectivity index (χ3v) is 3.98. The van der Waals surface area contributed by atoms with Crippen molar-refractivity contribution >= 4 is 11.9 Å². The van der Waals surface area contributed by atoms with E-state index in [-0.39, 0.29) is 19.1 Å². The van der Waals surface area contributed by atoms with E-state index >= 15 is 0 Å². The van der Waals surface area contributed by atoms with Crippen LogP contribution >= 0.6 is 0 Å². The number of carboxylic acid groups (broad SMARTS) is 1. The molecule has 1 amide bonds. The molecule has 124 valence electrons. The lowest BCUT2D eigenvalue weighted by molar-refractivity contribution is -0.151. The summed E-state index contributed by atoms with van der Waals surface area (Å²) in [5.41, 5.74) is -0.508. The molecule has 0 radical (unpaired) electrons. The Kier molecular flexibility index (Phi) is 5.39. The number of likely N-dealkylation sites (tertiary alicyclic amines) is 1. The highest BCUT2D eigenvalue weighted by Gasteiger charge is 2.46. The molecule has 1 N–H and O–H groups in total. The summed E-state index contributed by atoms with van der Waals surface area (Å²) < 4.78 is 10.4. The van der Waals surface area contributed by atoms with E-state index in [4.69, 9.17) is 9.47 Å². The molecule has 0 saturated carbocycles. The number of hydrogen-bond donors (Lipinski definition) is 1. The standard InChI is InChI=1S/C17H21NO5/c1-3-10-23-14-6-4-13(5-7-14)15(19)18-9-8-17(11-18,12-22-2)16(20)21/h3-7H,1,8-12H2,2H3,(H,20,21). The highest BCUT2D eigenvalue weighted by molar-refractivity contribution is 5.95. The van der Waals surface area contributed by atoms with E-state index in [1.54, 1.807) is 35.2 Å². The first-order valence-electron chi connectivity index (χ1n) is 7.38. The van der Waals surface area contributed by atoms with Crippen LogP contribution in [0.15, 0.2) is 36.9 Å². The van der Waals surface area contributed by atoms with Crippen molar-refractivity contribution in [1.29, 1.82) is 0 Å². The minimum absolute atomic E-state index is 0.0977. The molecule has 0 aliphatic carbocycles. The molecule has 1 aliphatic heterocycles. The van der Waals surface area contributed by atoms with Gasteiger partial charge < -0.3 is 19.5 Å². The van der Waals surface area contributed by atoms with Gasteiger partial charge in [-0.25, -0.2) is 0 Å². The van der Waals surface area contributed by atoms with Crippen molar-refractivity contribution in [3.05, 3.63) is 42.5 Å². The van der Waals surface area contributed by atoms with Crippen molar-refractivity contribution in [3.63, 3.8) is 0 Å². The number of nitrogens with zero attached hydrogens (tertiary/aromatic N) is 1. The molecule has 1 aromatic rings. The zero-order valence-electron chi connectivity index (χ0n) is 13.2. The smallest absolute Gasteiger partial charge is 0.313 e. The van der Waals surface area contributed by atoms with Crippen LogP contribution in [-0.4, -0.2) is 55.3 Å². The number of benzene rings is 1. The van der Waals surface area contributed by atoms with Crippen LogP contribution < -0.4 is 4.74 Å². The van der Waals surface area contributed by atoms with E-state index in [1.165, 1.54) is 7.11 Å². The summed E-state index contributed by atoms with van der Waals surface area (Å²) >= 11 is 0. The van der Waals surface area contributed by atoms with Gasteiger partial charge in [0.05, 0.1) is 6.61 Å². The molecule has 1 aliphatic rings. The average molecular weight is 319 g/mol. The second kappa shape index (κ2) is 7.28. The number of hydrogen-bond acceptors (Lipinski definition) is 4. The largest absolute Gasteiger partial charge is 0.490 e. The summed E-state index contributed by atoms with van der Waals surface area (Å²) in [6, 6.07) is 6.79. The molecule has 1 atom stereocenters. The highest BCUT2D eigenvalue weighted by atomic mass is 16.5. The summed E-state index contributed by atoms with van der Waals surface area (Å²) in [6.07, 6.45) is 2.03. The number of methoxy groups -OCH3 is 1. The van der Waals surface area contributed by atoms with E-state index in [0.717, 1.165) is 0 Å². The number of aliphatic carboxylic acids is 1. The summed E-state index contributed by atoms with van der Waals surface area (Å²) in [5.74, 6) is -0.454. The van der Waals surface area contributed by atoms with E-state index in [2.05, 4.69) is 6.58 Å². The van der Waals surface area contributed by atoms with Gasteiger partial charge in [-0.2, -0.15) is 0 Å². The third kappa shape index (κ3) is 3.71. The summed E-state index contributed by atoms with van der Waals surface area (Å²) in [7, 11) is 1.47. The summed E-state index contributed by atoms with van der Waals surface area (Å²) in [5, 5.41) is 9.44. The van der Waals surface area contributed by atoms with Crippen LogP contribution in [0.2, 0.25) is 0 Å². The minimum atomic E-state index is -1.02. The first-order chi connectivity index (χ1) is 11.0. The van der Waals surface area contributed by atoms with Gasteiger partial charge in [-0.15, -0.1) is 0 Å². The first kappa shape index (κ1) is 17.0. The molecule has 1 unspecified atom stereocenters. The van der Waals surface area contributed by atoms with Crippen molar-refractivity contribution in [2.24, 2.45) is 5.41 Å². The van der Waals surface area contributed by atoms with Crippen molar-refractivity contribution in [2.45, 2.75) is 6.42 Å². The fourth-order valence-electron chi connectivity index (χ4n) is 2.71. The Morgan fingerprint density at radius 1 is 1.39 bits per heavy atom. The lowest BCUT2D eigenvalue weighted by Gasteiger charge is -2.23. The maximum Gasteiger partial charge on any atom is 0.313 e. The topological polar surface area (TPSA) is 76.1 Å². The fraction of sp³-hybridized carbons (Fsp3) is 0.412. The van der Waals surface area contributed by atoms with E-state index in [1.807, 2.05) is 0 Å². The van der Waals surface area contributed by atoms with E-state index in [0.29, 0.717) is 30.9 Å². The zero-order valence-corrected chi connectivity index (χ0v) is 13.2. The Hall–Kier alpha value is -2.34. The van der Waals surface area contributed by atoms with Crippen LogP contribution in [0.3, 0.4) is 0 Å². The van der Waals surface area contributed by atoms with Gasteiger partial charge in [-0.1, -0.05) is 12.7 Å². The lowest BCUT2D eigenvalue weighted by Crippen LogP contribution is -2.40. The number of carbonyl (C=O) groups is 2. The van der Waals surface area contributed by atoms with E-state index in [9.17, 15) is 14.7 Å². The van der Waals surface area contributed by atoms with Gasteiger partial charge in [0, 0.05) is 25.8 Å². The maximum absolute atomic E-state index is 12.5. The zero-order chi connectivity index (χ0) is 16.9. The predicted molar refractivity (Wildman–Crippen MR) is 84.6 cm³/mol. The van der Waals surface area contributed by atoms with Crippen LogP contribution in [0, 0.1) is 5.41 Å². The molecular weight excluding hydrogens is 298 g/mol. The number of ether oxygens (including phenoxy) is 2.